The smallest absolute Gasteiger partial charge is 0.257 e. The number of carbonyl (C=O) groups excluding carboxylic acids is 1. The van der Waals surface area contributed by atoms with Gasteiger partial charge in [0, 0.05) is 19.6 Å². The van der Waals surface area contributed by atoms with E-state index in [0.717, 1.165) is 18.0 Å². The molecule has 6 nitrogen and oxygen atoms in total. The van der Waals surface area contributed by atoms with Gasteiger partial charge >= 0.3 is 0 Å². The maximum absolute atomic E-state index is 11.9. The Morgan fingerprint density at radius 1 is 1.45 bits per heavy atom. The Bertz CT molecular complexity index is 434. The van der Waals surface area contributed by atoms with Crippen LogP contribution in [0.5, 0.6) is 0 Å². The molecule has 0 saturated carbocycles. The van der Waals surface area contributed by atoms with Gasteiger partial charge in [-0.2, -0.15) is 4.37 Å². The summed E-state index contributed by atoms with van der Waals surface area (Å²) >= 11 is 1.24. The van der Waals surface area contributed by atoms with E-state index in [1.165, 1.54) is 11.5 Å². The maximum Gasteiger partial charge on any atom is 0.257 e. The number of hydrogen-bond acceptors (Lipinski definition) is 6. The lowest BCUT2D eigenvalue weighted by atomic mass is 10.0. The van der Waals surface area contributed by atoms with Gasteiger partial charge < -0.3 is 21.3 Å². The summed E-state index contributed by atoms with van der Waals surface area (Å²) in [6.45, 7) is 5.26. The first-order chi connectivity index (χ1) is 9.35. The number of rotatable bonds is 7. The second-order valence-corrected chi connectivity index (χ2v) is 6.36. The zero-order chi connectivity index (χ0) is 15.3. The van der Waals surface area contributed by atoms with Gasteiger partial charge in [0.15, 0.2) is 5.82 Å². The van der Waals surface area contributed by atoms with E-state index >= 15 is 0 Å². The molecule has 0 fully saturated rings. The van der Waals surface area contributed by atoms with Crippen molar-refractivity contribution in [1.82, 2.24) is 14.6 Å². The number of nitrogens with one attached hydrogen (secondary N) is 2. The van der Waals surface area contributed by atoms with E-state index in [2.05, 4.69) is 33.8 Å². The summed E-state index contributed by atoms with van der Waals surface area (Å²) in [5.74, 6) is 0.651. The number of amides is 1. The van der Waals surface area contributed by atoms with Crippen LogP contribution in [0.1, 0.15) is 30.6 Å². The van der Waals surface area contributed by atoms with E-state index in [0.29, 0.717) is 11.5 Å². The third-order valence-corrected chi connectivity index (χ3v) is 3.64. The third-order valence-electron chi connectivity index (χ3n) is 2.85. The summed E-state index contributed by atoms with van der Waals surface area (Å²) in [6.07, 6.45) is 1.02. The fourth-order valence-electron chi connectivity index (χ4n) is 2.12. The highest BCUT2D eigenvalue weighted by atomic mass is 32.1. The number of nitrogens with two attached hydrogens (primary N) is 1. The van der Waals surface area contributed by atoms with Crippen LogP contribution in [0.25, 0.3) is 0 Å². The number of anilines is 2. The standard InChI is InChI=1S/C13H25N5OS/c1-8(2)6-9(7-18(4)5)16-13-10(12(19)15-3)11(14)17-20-13/h8-9,16H,6-7H2,1-5H3,(H2,14,17)(H,15,19). The Morgan fingerprint density at radius 2 is 2.10 bits per heavy atom. The number of hydrogen-bond donors (Lipinski definition) is 3. The van der Waals surface area contributed by atoms with Gasteiger partial charge in [0.05, 0.1) is 0 Å². The van der Waals surface area contributed by atoms with Crippen LogP contribution in [0.3, 0.4) is 0 Å². The summed E-state index contributed by atoms with van der Waals surface area (Å²) < 4.78 is 4.08. The number of carbonyl (C=O) groups is 1. The number of likely N-dealkylation sites (N-methyl/N-ethyl adjacent to an activating group) is 1. The molecule has 0 aliphatic heterocycles. The van der Waals surface area contributed by atoms with E-state index in [1.807, 2.05) is 14.1 Å². The number of nitrogen functional groups attached to an aromatic ring is 1. The molecule has 0 spiro atoms. The lowest BCUT2D eigenvalue weighted by Gasteiger charge is -2.24. The molecule has 1 heterocycles. The molecule has 0 saturated heterocycles. The van der Waals surface area contributed by atoms with Gasteiger partial charge in [-0.25, -0.2) is 0 Å². The zero-order valence-electron chi connectivity index (χ0n) is 12.9. The van der Waals surface area contributed by atoms with Crippen LogP contribution in [0, 0.1) is 5.92 Å². The summed E-state index contributed by atoms with van der Waals surface area (Å²) in [4.78, 5) is 14.0. The van der Waals surface area contributed by atoms with E-state index < -0.39 is 0 Å². The van der Waals surface area contributed by atoms with Crippen molar-refractivity contribution in [2.24, 2.45) is 5.92 Å². The molecule has 0 aliphatic carbocycles. The van der Waals surface area contributed by atoms with Crippen LogP contribution >= 0.6 is 11.5 Å². The van der Waals surface area contributed by atoms with E-state index in [9.17, 15) is 4.79 Å². The average Bonchev–Trinajstić information content (AvgIpc) is 2.68. The molecule has 0 radical (unpaired) electrons. The third kappa shape index (κ3) is 4.64. The highest BCUT2D eigenvalue weighted by Gasteiger charge is 2.21. The summed E-state index contributed by atoms with van der Waals surface area (Å²) in [5, 5.41) is 6.77. The second kappa shape index (κ2) is 7.44. The van der Waals surface area contributed by atoms with Crippen molar-refractivity contribution in [3.8, 4) is 0 Å². The van der Waals surface area contributed by atoms with E-state index in [1.54, 1.807) is 7.05 Å². The molecule has 1 rings (SSSR count). The predicted molar refractivity (Wildman–Crippen MR) is 85.3 cm³/mol. The molecule has 1 aromatic rings. The lowest BCUT2D eigenvalue weighted by molar-refractivity contribution is 0.0965. The Hall–Kier alpha value is -1.34. The van der Waals surface area contributed by atoms with Gasteiger partial charge in [-0.15, -0.1) is 0 Å². The molecule has 4 N–H and O–H groups in total. The Kier molecular flexibility index (Phi) is 6.22. The molecule has 1 atom stereocenters. The van der Waals surface area contributed by atoms with Gasteiger partial charge in [-0.1, -0.05) is 13.8 Å². The highest BCUT2D eigenvalue weighted by molar-refractivity contribution is 7.11. The monoisotopic (exact) mass is 299 g/mol. The molecular formula is C13H25N5OS. The zero-order valence-corrected chi connectivity index (χ0v) is 13.7. The first kappa shape index (κ1) is 16.7. The quantitative estimate of drug-likeness (QED) is 0.710. The first-order valence-electron chi connectivity index (χ1n) is 6.73. The Balaban J connectivity index is 2.90. The summed E-state index contributed by atoms with van der Waals surface area (Å²) in [6, 6.07) is 0.258. The molecule has 114 valence electrons. The Labute approximate surface area is 124 Å². The molecule has 0 aliphatic rings. The van der Waals surface area contributed by atoms with Crippen molar-refractivity contribution in [2.45, 2.75) is 26.3 Å². The van der Waals surface area contributed by atoms with E-state index in [-0.39, 0.29) is 17.8 Å². The van der Waals surface area contributed by atoms with Crippen molar-refractivity contribution in [3.05, 3.63) is 5.56 Å². The molecule has 0 bridgehead atoms. The minimum absolute atomic E-state index is 0.202. The van der Waals surface area contributed by atoms with Crippen molar-refractivity contribution in [2.75, 3.05) is 38.7 Å². The first-order valence-corrected chi connectivity index (χ1v) is 7.51. The molecular weight excluding hydrogens is 274 g/mol. The second-order valence-electron chi connectivity index (χ2n) is 5.58. The van der Waals surface area contributed by atoms with Gasteiger partial charge in [-0.05, 0) is 38.0 Å². The van der Waals surface area contributed by atoms with Crippen molar-refractivity contribution < 1.29 is 4.79 Å². The predicted octanol–water partition coefficient (Wildman–Crippen LogP) is 1.47. The van der Waals surface area contributed by atoms with Crippen LogP contribution in [0.2, 0.25) is 0 Å². The van der Waals surface area contributed by atoms with Gasteiger partial charge in [0.1, 0.15) is 10.6 Å². The molecule has 1 unspecified atom stereocenters. The fraction of sp³-hybridized carbons (Fsp3) is 0.692. The topological polar surface area (TPSA) is 83.3 Å². The van der Waals surface area contributed by atoms with E-state index in [4.69, 9.17) is 5.73 Å². The maximum atomic E-state index is 11.9. The number of aromatic nitrogens is 1. The van der Waals surface area contributed by atoms with Crippen molar-refractivity contribution >= 4 is 28.3 Å². The average molecular weight is 299 g/mol. The van der Waals surface area contributed by atoms with Crippen LogP contribution in [-0.4, -0.2) is 48.9 Å². The van der Waals surface area contributed by atoms with Crippen LogP contribution in [0.4, 0.5) is 10.8 Å². The van der Waals surface area contributed by atoms with Gasteiger partial charge in [0.2, 0.25) is 0 Å². The van der Waals surface area contributed by atoms with Gasteiger partial charge in [-0.3, -0.25) is 4.79 Å². The SMILES string of the molecule is CNC(=O)c1c(N)nsc1NC(CC(C)C)CN(C)C. The largest absolute Gasteiger partial charge is 0.382 e. The van der Waals surface area contributed by atoms with Gasteiger partial charge in [0.25, 0.3) is 5.91 Å². The lowest BCUT2D eigenvalue weighted by Crippen LogP contribution is -2.34. The molecule has 1 amide bonds. The fourth-order valence-corrected chi connectivity index (χ4v) is 2.91. The summed E-state index contributed by atoms with van der Waals surface area (Å²) in [7, 11) is 5.67. The molecule has 20 heavy (non-hydrogen) atoms. The van der Waals surface area contributed by atoms with Crippen LogP contribution < -0.4 is 16.4 Å². The van der Waals surface area contributed by atoms with Crippen LogP contribution in [-0.2, 0) is 0 Å². The van der Waals surface area contributed by atoms with Crippen LogP contribution in [0.15, 0.2) is 0 Å². The summed E-state index contributed by atoms with van der Waals surface area (Å²) in [5.41, 5.74) is 6.23. The molecule has 1 aromatic heterocycles. The van der Waals surface area contributed by atoms with Crippen molar-refractivity contribution in [3.63, 3.8) is 0 Å². The number of nitrogens with zero attached hydrogens (tertiary/aromatic N) is 2. The highest BCUT2D eigenvalue weighted by Crippen LogP contribution is 2.28. The molecule has 0 aromatic carbocycles. The Morgan fingerprint density at radius 3 is 2.60 bits per heavy atom. The normalized spacial score (nSPS) is 12.8. The van der Waals surface area contributed by atoms with Crippen molar-refractivity contribution in [1.29, 1.82) is 0 Å². The molecule has 7 heteroatoms. The minimum atomic E-state index is -0.202. The minimum Gasteiger partial charge on any atom is -0.382 e.